The molecule has 0 aliphatic carbocycles. The van der Waals surface area contributed by atoms with Crippen molar-refractivity contribution in [3.8, 4) is 0 Å². The molecule has 2 aromatic rings. The highest BCUT2D eigenvalue weighted by Crippen LogP contribution is 2.15. The van der Waals surface area contributed by atoms with E-state index in [4.69, 9.17) is 4.74 Å². The van der Waals surface area contributed by atoms with E-state index in [1.807, 2.05) is 13.8 Å². The number of carbonyl (C=O) groups is 3. The van der Waals surface area contributed by atoms with Crippen LogP contribution in [0.4, 0.5) is 8.78 Å². The van der Waals surface area contributed by atoms with Gasteiger partial charge in [0.2, 0.25) is 5.91 Å². The van der Waals surface area contributed by atoms with E-state index in [0.29, 0.717) is 24.7 Å². The van der Waals surface area contributed by atoms with Crippen LogP contribution in [-0.2, 0) is 16.1 Å². The zero-order chi connectivity index (χ0) is 24.0. The number of ether oxygens (including phenoxy) is 1. The van der Waals surface area contributed by atoms with Crippen LogP contribution in [0.1, 0.15) is 46.5 Å². The molecule has 0 radical (unpaired) electrons. The molecular formula is C24H27F2N3O4. The normalized spacial score (nSPS) is 18.0. The summed E-state index contributed by atoms with van der Waals surface area (Å²) in [5.74, 6) is -2.81. The Bertz CT molecular complexity index is 1000. The summed E-state index contributed by atoms with van der Waals surface area (Å²) >= 11 is 0. The first-order valence-corrected chi connectivity index (χ1v) is 10.8. The molecule has 3 rings (SSSR count). The summed E-state index contributed by atoms with van der Waals surface area (Å²) in [6, 6.07) is 9.68. The topological polar surface area (TPSA) is 87.7 Å². The monoisotopic (exact) mass is 459 g/mol. The van der Waals surface area contributed by atoms with Crippen LogP contribution >= 0.6 is 0 Å². The van der Waals surface area contributed by atoms with Gasteiger partial charge in [-0.15, -0.1) is 0 Å². The van der Waals surface area contributed by atoms with Gasteiger partial charge in [0.1, 0.15) is 11.6 Å². The fourth-order valence-corrected chi connectivity index (χ4v) is 3.64. The second-order valence-electron chi connectivity index (χ2n) is 8.07. The molecule has 2 unspecified atom stereocenters. The molecule has 1 fully saturated rings. The Morgan fingerprint density at radius 2 is 1.67 bits per heavy atom. The van der Waals surface area contributed by atoms with Gasteiger partial charge in [-0.3, -0.25) is 14.4 Å². The molecule has 7 nitrogen and oxygen atoms in total. The molecule has 0 aromatic heterocycles. The highest BCUT2D eigenvalue weighted by atomic mass is 19.1. The summed E-state index contributed by atoms with van der Waals surface area (Å²) in [6.45, 7) is 5.24. The molecule has 0 bridgehead atoms. The summed E-state index contributed by atoms with van der Waals surface area (Å²) in [6.07, 6.45) is -0.0169. The maximum absolute atomic E-state index is 13.6. The maximum Gasteiger partial charge on any atom is 0.254 e. The molecule has 0 saturated carbocycles. The van der Waals surface area contributed by atoms with E-state index in [-0.39, 0.29) is 49.1 Å². The smallest absolute Gasteiger partial charge is 0.254 e. The quantitative estimate of drug-likeness (QED) is 0.667. The Labute approximate surface area is 191 Å². The van der Waals surface area contributed by atoms with E-state index >= 15 is 0 Å². The Morgan fingerprint density at radius 1 is 1.00 bits per heavy atom. The summed E-state index contributed by atoms with van der Waals surface area (Å²) in [7, 11) is 0. The SMILES string of the molecule is CC1CN(C(=O)c2ccc(CNC(=O)CCNC(=O)c3ccc(F)cc3F)cc2)CC(C)O1. The number of hydrogen-bond acceptors (Lipinski definition) is 4. The lowest BCUT2D eigenvalue weighted by Gasteiger charge is -2.35. The van der Waals surface area contributed by atoms with Gasteiger partial charge in [-0.05, 0) is 43.7 Å². The molecule has 1 aliphatic rings. The zero-order valence-corrected chi connectivity index (χ0v) is 18.6. The van der Waals surface area contributed by atoms with Crippen LogP contribution in [0.15, 0.2) is 42.5 Å². The van der Waals surface area contributed by atoms with Crippen LogP contribution in [0.3, 0.4) is 0 Å². The van der Waals surface area contributed by atoms with Crippen molar-refractivity contribution < 1.29 is 27.9 Å². The highest BCUT2D eigenvalue weighted by molar-refractivity contribution is 5.95. The summed E-state index contributed by atoms with van der Waals surface area (Å²) in [4.78, 5) is 38.4. The minimum absolute atomic E-state index is 0.00147. The first-order chi connectivity index (χ1) is 15.7. The van der Waals surface area contributed by atoms with E-state index in [9.17, 15) is 23.2 Å². The average molecular weight is 459 g/mol. The lowest BCUT2D eigenvalue weighted by molar-refractivity contribution is -0.121. The number of nitrogens with one attached hydrogen (secondary N) is 2. The molecule has 3 amide bonds. The van der Waals surface area contributed by atoms with Gasteiger partial charge in [0.05, 0.1) is 17.8 Å². The molecule has 33 heavy (non-hydrogen) atoms. The fraction of sp³-hybridized carbons (Fsp3) is 0.375. The van der Waals surface area contributed by atoms with Gasteiger partial charge in [0.25, 0.3) is 11.8 Å². The first-order valence-electron chi connectivity index (χ1n) is 10.8. The van der Waals surface area contributed by atoms with Crippen molar-refractivity contribution in [3.05, 3.63) is 70.8 Å². The van der Waals surface area contributed by atoms with Crippen molar-refractivity contribution >= 4 is 17.7 Å². The third kappa shape index (κ3) is 6.82. The van der Waals surface area contributed by atoms with E-state index in [0.717, 1.165) is 17.7 Å². The lowest BCUT2D eigenvalue weighted by Crippen LogP contribution is -2.48. The van der Waals surface area contributed by atoms with Crippen molar-refractivity contribution in [1.82, 2.24) is 15.5 Å². The Balaban J connectivity index is 1.42. The van der Waals surface area contributed by atoms with Crippen LogP contribution in [-0.4, -0.2) is 54.5 Å². The Hall–Kier alpha value is -3.33. The maximum atomic E-state index is 13.6. The Kier molecular flexibility index (Phi) is 8.11. The summed E-state index contributed by atoms with van der Waals surface area (Å²) in [5, 5.41) is 5.16. The average Bonchev–Trinajstić information content (AvgIpc) is 2.76. The second kappa shape index (κ2) is 11.0. The predicted octanol–water partition coefficient (Wildman–Crippen LogP) is 2.65. The summed E-state index contributed by atoms with van der Waals surface area (Å²) < 4.78 is 32.2. The number of morpholine rings is 1. The van der Waals surface area contributed by atoms with E-state index in [1.54, 1.807) is 29.2 Å². The highest BCUT2D eigenvalue weighted by Gasteiger charge is 2.26. The van der Waals surface area contributed by atoms with Crippen LogP contribution in [0, 0.1) is 11.6 Å². The summed E-state index contributed by atoms with van der Waals surface area (Å²) in [5.41, 5.74) is 1.11. The van der Waals surface area contributed by atoms with E-state index in [2.05, 4.69) is 10.6 Å². The van der Waals surface area contributed by atoms with Crippen molar-refractivity contribution in [2.75, 3.05) is 19.6 Å². The van der Waals surface area contributed by atoms with Gasteiger partial charge < -0.3 is 20.3 Å². The van der Waals surface area contributed by atoms with E-state index < -0.39 is 17.5 Å². The largest absolute Gasteiger partial charge is 0.372 e. The lowest BCUT2D eigenvalue weighted by atomic mass is 10.1. The second-order valence-corrected chi connectivity index (χ2v) is 8.07. The zero-order valence-electron chi connectivity index (χ0n) is 18.6. The third-order valence-corrected chi connectivity index (χ3v) is 5.21. The molecule has 1 saturated heterocycles. The number of halogens is 2. The van der Waals surface area contributed by atoms with Crippen molar-refractivity contribution in [2.24, 2.45) is 0 Å². The first kappa shape index (κ1) is 24.3. The van der Waals surface area contributed by atoms with Crippen molar-refractivity contribution in [3.63, 3.8) is 0 Å². The standard InChI is InChI=1S/C24H27F2N3O4/c1-15-13-29(14-16(2)33-15)24(32)18-5-3-17(4-6-18)12-28-22(30)9-10-27-23(31)20-8-7-19(25)11-21(20)26/h3-8,11,15-16H,9-10,12-14H2,1-2H3,(H,27,31)(H,28,30). The minimum atomic E-state index is -0.962. The fourth-order valence-electron chi connectivity index (χ4n) is 3.64. The molecule has 0 spiro atoms. The molecule has 2 atom stereocenters. The van der Waals surface area contributed by atoms with Gasteiger partial charge in [-0.2, -0.15) is 0 Å². The minimum Gasteiger partial charge on any atom is -0.372 e. The van der Waals surface area contributed by atoms with E-state index in [1.165, 1.54) is 0 Å². The van der Waals surface area contributed by atoms with Gasteiger partial charge in [-0.1, -0.05) is 12.1 Å². The molecular weight excluding hydrogens is 432 g/mol. The number of hydrogen-bond donors (Lipinski definition) is 2. The van der Waals surface area contributed by atoms with Crippen LogP contribution in [0.25, 0.3) is 0 Å². The number of amides is 3. The van der Waals surface area contributed by atoms with Crippen LogP contribution in [0.2, 0.25) is 0 Å². The van der Waals surface area contributed by atoms with Crippen molar-refractivity contribution in [1.29, 1.82) is 0 Å². The van der Waals surface area contributed by atoms with Gasteiger partial charge in [0, 0.05) is 44.2 Å². The molecule has 1 heterocycles. The van der Waals surface area contributed by atoms with Crippen LogP contribution < -0.4 is 10.6 Å². The molecule has 2 aromatic carbocycles. The number of carbonyl (C=O) groups excluding carboxylic acids is 3. The van der Waals surface area contributed by atoms with Crippen molar-refractivity contribution in [2.45, 2.75) is 39.0 Å². The number of benzene rings is 2. The molecule has 1 aliphatic heterocycles. The van der Waals surface area contributed by atoms with Gasteiger partial charge in [-0.25, -0.2) is 8.78 Å². The van der Waals surface area contributed by atoms with Gasteiger partial charge >= 0.3 is 0 Å². The number of rotatable bonds is 7. The predicted molar refractivity (Wildman–Crippen MR) is 118 cm³/mol. The van der Waals surface area contributed by atoms with Crippen LogP contribution in [0.5, 0.6) is 0 Å². The number of nitrogens with zero attached hydrogens (tertiary/aromatic N) is 1. The molecule has 2 N–H and O–H groups in total. The Morgan fingerprint density at radius 3 is 2.30 bits per heavy atom. The third-order valence-electron chi connectivity index (χ3n) is 5.21. The molecule has 176 valence electrons. The van der Waals surface area contributed by atoms with Gasteiger partial charge in [0.15, 0.2) is 0 Å². The molecule has 9 heteroatoms.